The van der Waals surface area contributed by atoms with E-state index in [0.29, 0.717) is 22.4 Å². The number of carbonyl (C=O) groups excluding carboxylic acids is 1. The van der Waals surface area contributed by atoms with Crippen molar-refractivity contribution in [3.63, 3.8) is 0 Å². The molecule has 0 fully saturated rings. The topological polar surface area (TPSA) is 96.3 Å². The van der Waals surface area contributed by atoms with Crippen molar-refractivity contribution < 1.29 is 17.9 Å². The maximum Gasteiger partial charge on any atom is 0.257 e. The Labute approximate surface area is 152 Å². The van der Waals surface area contributed by atoms with Gasteiger partial charge in [0.2, 0.25) is 10.0 Å². The summed E-state index contributed by atoms with van der Waals surface area (Å²) in [6.07, 6.45) is 1.23. The van der Waals surface area contributed by atoms with Gasteiger partial charge in [0.25, 0.3) is 5.91 Å². The number of allylic oxidation sites excluding steroid dienone is 1. The largest absolute Gasteiger partial charge is 0.497 e. The molecule has 2 rings (SSSR count). The van der Waals surface area contributed by atoms with Crippen LogP contribution in [0, 0.1) is 11.3 Å². The first-order valence-corrected chi connectivity index (χ1v) is 9.34. The monoisotopic (exact) mass is 370 g/mol. The number of nitriles is 1. The van der Waals surface area contributed by atoms with Crippen molar-refractivity contribution in [2.45, 2.75) is 12.7 Å². The lowest BCUT2D eigenvalue weighted by atomic mass is 10.1. The number of methoxy groups -OCH3 is 1. The first-order valence-electron chi connectivity index (χ1n) is 7.69. The molecule has 0 radical (unpaired) electrons. The highest BCUT2D eigenvalue weighted by atomic mass is 32.2. The molecule has 7 heteroatoms. The number of nitrogens with zero attached hydrogens (tertiary/aromatic N) is 1. The fraction of sp³-hybridized carbons (Fsp3) is 0.158. The van der Waals surface area contributed by atoms with Gasteiger partial charge in [-0.25, -0.2) is 13.1 Å². The summed E-state index contributed by atoms with van der Waals surface area (Å²) >= 11 is 0. The number of nitrogens with one attached hydrogen (secondary N) is 1. The van der Waals surface area contributed by atoms with E-state index in [9.17, 15) is 13.2 Å². The maximum atomic E-state index is 12.1. The molecule has 0 aliphatic carbocycles. The van der Waals surface area contributed by atoms with Crippen LogP contribution in [0.25, 0.3) is 5.57 Å². The Kier molecular flexibility index (Phi) is 6.15. The predicted molar refractivity (Wildman–Crippen MR) is 98.6 cm³/mol. The van der Waals surface area contributed by atoms with Gasteiger partial charge >= 0.3 is 0 Å². The Bertz CT molecular complexity index is 971. The van der Waals surface area contributed by atoms with E-state index in [2.05, 4.69) is 0 Å². The second-order valence-corrected chi connectivity index (χ2v) is 7.32. The number of hydrogen-bond donors (Lipinski definition) is 1. The van der Waals surface area contributed by atoms with E-state index >= 15 is 0 Å². The highest BCUT2D eigenvalue weighted by molar-refractivity contribution is 7.89. The second-order valence-electron chi connectivity index (χ2n) is 5.59. The highest BCUT2D eigenvalue weighted by Crippen LogP contribution is 2.19. The number of amides is 1. The van der Waals surface area contributed by atoms with Crippen LogP contribution in [0.3, 0.4) is 0 Å². The maximum absolute atomic E-state index is 12.1. The minimum atomic E-state index is -3.85. The summed E-state index contributed by atoms with van der Waals surface area (Å²) in [7, 11) is -2.30. The van der Waals surface area contributed by atoms with Crippen LogP contribution >= 0.6 is 0 Å². The summed E-state index contributed by atoms with van der Waals surface area (Å²) in [6, 6.07) is 15.2. The minimum Gasteiger partial charge on any atom is -0.497 e. The molecule has 2 aromatic carbocycles. The molecular formula is C19H18N2O4S. The van der Waals surface area contributed by atoms with Gasteiger partial charge in [0, 0.05) is 6.08 Å². The van der Waals surface area contributed by atoms with E-state index in [-0.39, 0.29) is 5.75 Å². The first kappa shape index (κ1) is 19.2. The summed E-state index contributed by atoms with van der Waals surface area (Å²) in [5, 5.41) is 8.75. The molecule has 0 aliphatic rings. The van der Waals surface area contributed by atoms with Gasteiger partial charge in [-0.3, -0.25) is 4.79 Å². The Morgan fingerprint density at radius 2 is 1.92 bits per heavy atom. The van der Waals surface area contributed by atoms with Gasteiger partial charge < -0.3 is 4.74 Å². The van der Waals surface area contributed by atoms with Gasteiger partial charge in [-0.05, 0) is 47.9 Å². The normalized spacial score (nSPS) is 11.5. The van der Waals surface area contributed by atoms with Crippen molar-refractivity contribution in [1.82, 2.24) is 4.72 Å². The predicted octanol–water partition coefficient (Wildman–Crippen LogP) is 2.62. The lowest BCUT2D eigenvalue weighted by molar-refractivity contribution is -0.114. The van der Waals surface area contributed by atoms with E-state index in [0.717, 1.165) is 5.56 Å². The Morgan fingerprint density at radius 3 is 2.54 bits per heavy atom. The van der Waals surface area contributed by atoms with Crippen molar-refractivity contribution in [2.24, 2.45) is 0 Å². The van der Waals surface area contributed by atoms with Crippen LogP contribution < -0.4 is 9.46 Å². The molecule has 0 saturated heterocycles. The standard InChI is InChI=1S/C19H18N2O4S/c1-14(17-4-3-5-18(11-17)25-2)10-19(22)21-26(23,24)13-16-8-6-15(12-20)7-9-16/h3-11H,13H2,1-2H3,(H,21,22)/b14-10+. The fourth-order valence-electron chi connectivity index (χ4n) is 2.26. The van der Waals surface area contributed by atoms with Crippen LogP contribution in [0.5, 0.6) is 5.75 Å². The molecule has 1 N–H and O–H groups in total. The van der Waals surface area contributed by atoms with E-state index in [1.165, 1.54) is 18.2 Å². The SMILES string of the molecule is COc1cccc(/C(C)=C/C(=O)NS(=O)(=O)Cc2ccc(C#N)cc2)c1. The van der Waals surface area contributed by atoms with Crippen LogP contribution in [0.2, 0.25) is 0 Å². The molecule has 0 saturated carbocycles. The van der Waals surface area contributed by atoms with Crippen LogP contribution in [0.15, 0.2) is 54.6 Å². The van der Waals surface area contributed by atoms with Gasteiger partial charge in [0.15, 0.2) is 0 Å². The molecule has 0 heterocycles. The van der Waals surface area contributed by atoms with E-state index in [1.54, 1.807) is 50.4 Å². The van der Waals surface area contributed by atoms with Crippen LogP contribution in [-0.2, 0) is 20.6 Å². The van der Waals surface area contributed by atoms with E-state index in [4.69, 9.17) is 10.00 Å². The molecule has 0 unspecified atom stereocenters. The van der Waals surface area contributed by atoms with E-state index in [1.807, 2.05) is 10.8 Å². The summed E-state index contributed by atoms with van der Waals surface area (Å²) in [5.74, 6) is -0.431. The molecule has 0 aliphatic heterocycles. The third kappa shape index (κ3) is 5.46. The average molecular weight is 370 g/mol. The van der Waals surface area contributed by atoms with Gasteiger partial charge in [0.05, 0.1) is 24.5 Å². The van der Waals surface area contributed by atoms with Crippen molar-refractivity contribution >= 4 is 21.5 Å². The quantitative estimate of drug-likeness (QED) is 0.789. The van der Waals surface area contributed by atoms with Crippen LogP contribution in [0.1, 0.15) is 23.6 Å². The minimum absolute atomic E-state index is 0.351. The number of sulfonamides is 1. The summed E-state index contributed by atoms with van der Waals surface area (Å²) in [5.41, 5.74) is 2.28. The lowest BCUT2D eigenvalue weighted by Gasteiger charge is -2.07. The molecule has 2 aromatic rings. The number of carbonyl (C=O) groups is 1. The lowest BCUT2D eigenvalue weighted by Crippen LogP contribution is -2.30. The molecule has 26 heavy (non-hydrogen) atoms. The number of benzene rings is 2. The highest BCUT2D eigenvalue weighted by Gasteiger charge is 2.14. The molecule has 134 valence electrons. The third-order valence-electron chi connectivity index (χ3n) is 3.57. The summed E-state index contributed by atoms with van der Waals surface area (Å²) in [6.45, 7) is 1.71. The average Bonchev–Trinajstić information content (AvgIpc) is 2.61. The van der Waals surface area contributed by atoms with Crippen molar-refractivity contribution in [3.05, 3.63) is 71.3 Å². The zero-order valence-electron chi connectivity index (χ0n) is 14.4. The molecule has 0 aromatic heterocycles. The van der Waals surface area contributed by atoms with Crippen LogP contribution in [0.4, 0.5) is 0 Å². The van der Waals surface area contributed by atoms with E-state index < -0.39 is 15.9 Å². The van der Waals surface area contributed by atoms with Crippen molar-refractivity contribution in [1.29, 1.82) is 5.26 Å². The molecule has 1 amide bonds. The second kappa shape index (κ2) is 8.32. The fourth-order valence-corrected chi connectivity index (χ4v) is 3.33. The van der Waals surface area contributed by atoms with Crippen molar-refractivity contribution in [2.75, 3.05) is 7.11 Å². The van der Waals surface area contributed by atoms with Crippen molar-refractivity contribution in [3.8, 4) is 11.8 Å². The summed E-state index contributed by atoms with van der Waals surface area (Å²) < 4.78 is 31.4. The number of ether oxygens (including phenoxy) is 1. The zero-order chi connectivity index (χ0) is 19.2. The zero-order valence-corrected chi connectivity index (χ0v) is 15.2. The Morgan fingerprint density at radius 1 is 1.23 bits per heavy atom. The third-order valence-corrected chi connectivity index (χ3v) is 4.79. The molecule has 6 nitrogen and oxygen atoms in total. The molecular weight excluding hydrogens is 352 g/mol. The Hall–Kier alpha value is -3.11. The molecule has 0 spiro atoms. The first-order chi connectivity index (χ1) is 12.3. The van der Waals surface area contributed by atoms with Gasteiger partial charge in [0.1, 0.15) is 5.75 Å². The number of hydrogen-bond acceptors (Lipinski definition) is 5. The summed E-state index contributed by atoms with van der Waals surface area (Å²) in [4.78, 5) is 12.0. The van der Waals surface area contributed by atoms with Gasteiger partial charge in [-0.1, -0.05) is 24.3 Å². The van der Waals surface area contributed by atoms with Gasteiger partial charge in [-0.15, -0.1) is 0 Å². The molecule has 0 atom stereocenters. The number of rotatable bonds is 6. The smallest absolute Gasteiger partial charge is 0.257 e. The van der Waals surface area contributed by atoms with Gasteiger partial charge in [-0.2, -0.15) is 5.26 Å². The van der Waals surface area contributed by atoms with Crippen LogP contribution in [-0.4, -0.2) is 21.4 Å². The Balaban J connectivity index is 2.07. The molecule has 0 bridgehead atoms.